The van der Waals surface area contributed by atoms with E-state index in [9.17, 15) is 0 Å². The first-order chi connectivity index (χ1) is 40.2. The number of aromatic nitrogens is 4. The Hall–Kier alpha value is -10.4. The Balaban J connectivity index is 0.970. The average Bonchev–Trinajstić information content (AvgIpc) is 4.43. The van der Waals surface area contributed by atoms with E-state index in [1.807, 2.05) is 12.1 Å². The lowest BCUT2D eigenvalue weighted by molar-refractivity contribution is 0.669. The van der Waals surface area contributed by atoms with Gasteiger partial charge in [0.1, 0.15) is 11.2 Å². The summed E-state index contributed by atoms with van der Waals surface area (Å²) in [7, 11) is 0. The van der Waals surface area contributed by atoms with Gasteiger partial charge in [0.05, 0.1) is 17.2 Å². The quantitative estimate of drug-likeness (QED) is 0.144. The molecule has 6 nitrogen and oxygen atoms in total. The van der Waals surface area contributed by atoms with E-state index < -0.39 is 0 Å². The maximum Gasteiger partial charge on any atom is 0.166 e. The van der Waals surface area contributed by atoms with Gasteiger partial charge in [-0.3, -0.25) is 0 Å². The minimum Gasteiger partial charge on any atom is -0.456 e. The summed E-state index contributed by atoms with van der Waals surface area (Å²) in [5.41, 5.74) is 19.1. The predicted molar refractivity (Wildman–Crippen MR) is 333 cm³/mol. The Kier molecular flexibility index (Phi) is 11.0. The van der Waals surface area contributed by atoms with E-state index in [1.165, 1.54) is 44.0 Å². The molecule has 2 aliphatic carbocycles. The van der Waals surface area contributed by atoms with E-state index in [-0.39, 0.29) is 12.0 Å². The SMILES string of the molecule is C1=CC2c3c(-c4cccc5c4c4c(n5-c5cc(-c6ccccc6)ccc5-c5nc(-c6ccccc6-c6ccccc6)nc(-c6cccc7oc8cccc(-c9ccccc9)c8c67)n5)=CCCC=4)cccc3N(c3ccccc3)C2C=C1. The molecule has 0 saturated heterocycles. The number of hydrogen-bond acceptors (Lipinski definition) is 5. The summed E-state index contributed by atoms with van der Waals surface area (Å²) in [6.45, 7) is 0. The van der Waals surface area contributed by atoms with Crippen LogP contribution >= 0.6 is 0 Å². The fraction of sp³-hybridized carbons (Fsp3) is 0.0533. The molecule has 10 aromatic carbocycles. The smallest absolute Gasteiger partial charge is 0.166 e. The first kappa shape index (κ1) is 46.6. The van der Waals surface area contributed by atoms with Crippen molar-refractivity contribution in [3.05, 3.63) is 277 Å². The van der Waals surface area contributed by atoms with Gasteiger partial charge in [-0.1, -0.05) is 225 Å². The molecule has 0 amide bonds. The number of para-hydroxylation sites is 1. The van der Waals surface area contributed by atoms with E-state index in [4.69, 9.17) is 19.4 Å². The van der Waals surface area contributed by atoms with Gasteiger partial charge in [0.15, 0.2) is 17.5 Å². The van der Waals surface area contributed by atoms with Gasteiger partial charge >= 0.3 is 0 Å². The van der Waals surface area contributed by atoms with Crippen molar-refractivity contribution in [1.29, 1.82) is 0 Å². The molecule has 0 N–H and O–H groups in total. The van der Waals surface area contributed by atoms with Crippen molar-refractivity contribution in [2.75, 3.05) is 4.90 Å². The van der Waals surface area contributed by atoms with Crippen molar-refractivity contribution in [3.63, 3.8) is 0 Å². The van der Waals surface area contributed by atoms with Crippen LogP contribution in [0.3, 0.4) is 0 Å². The molecular weight excluding hydrogens is 987 g/mol. The summed E-state index contributed by atoms with van der Waals surface area (Å²) in [4.78, 5) is 19.4. The van der Waals surface area contributed by atoms with Gasteiger partial charge in [-0.2, -0.15) is 0 Å². The average molecular weight is 1040 g/mol. The van der Waals surface area contributed by atoms with Gasteiger partial charge in [-0.25, -0.2) is 15.0 Å². The highest BCUT2D eigenvalue weighted by molar-refractivity contribution is 6.17. The highest BCUT2D eigenvalue weighted by atomic mass is 16.3. The second-order valence-corrected chi connectivity index (χ2v) is 21.2. The lowest BCUT2D eigenvalue weighted by Crippen LogP contribution is -2.30. The van der Waals surface area contributed by atoms with E-state index in [0.29, 0.717) is 17.5 Å². The molecule has 13 aromatic rings. The highest BCUT2D eigenvalue weighted by Gasteiger charge is 2.39. The van der Waals surface area contributed by atoms with Crippen molar-refractivity contribution in [1.82, 2.24) is 19.5 Å². The van der Waals surface area contributed by atoms with Gasteiger partial charge in [0.25, 0.3) is 0 Å². The van der Waals surface area contributed by atoms with Crippen LogP contribution in [0.5, 0.6) is 0 Å². The van der Waals surface area contributed by atoms with Gasteiger partial charge in [-0.15, -0.1) is 0 Å². The first-order valence-electron chi connectivity index (χ1n) is 28.0. The van der Waals surface area contributed by atoms with Gasteiger partial charge in [0, 0.05) is 60.7 Å². The van der Waals surface area contributed by atoms with E-state index in [1.54, 1.807) is 0 Å². The zero-order valence-electron chi connectivity index (χ0n) is 44.2. The minimum absolute atomic E-state index is 0.161. The molecule has 16 rings (SSSR count). The largest absolute Gasteiger partial charge is 0.456 e. The van der Waals surface area contributed by atoms with Crippen LogP contribution in [0.2, 0.25) is 0 Å². The molecule has 0 radical (unpaired) electrons. The highest BCUT2D eigenvalue weighted by Crippen LogP contribution is 2.52. The maximum atomic E-state index is 6.73. The standard InChI is InChI=1S/C75H51N5O/c1-5-23-48(24-6-1)51-45-46-60(66(47-51)80-63-40-18-16-34-59(63)70-56(37-20-42-65(70)80)55-36-19-41-64-69(55)58-33-15-17-39-62(58)79(64)52-29-11-4-12-30-52)74-76-73(57-32-14-13-31-53(57)49-25-7-2-8-26-49)77-75(78-74)61-38-22-44-68-72(61)71-54(35-21-43-67(71)81-68)50-27-9-3-10-28-50/h1-15,17,19-47,58,62H,16,18H2. The number of benzene rings is 10. The molecule has 0 spiro atoms. The minimum atomic E-state index is 0.161. The molecule has 382 valence electrons. The van der Waals surface area contributed by atoms with Crippen molar-refractivity contribution < 1.29 is 4.42 Å². The molecular formula is C75H51N5O. The molecule has 3 aromatic heterocycles. The third-order valence-corrected chi connectivity index (χ3v) is 16.6. The van der Waals surface area contributed by atoms with Crippen LogP contribution in [0.4, 0.5) is 11.4 Å². The third-order valence-electron chi connectivity index (χ3n) is 16.6. The van der Waals surface area contributed by atoms with Crippen molar-refractivity contribution in [2.45, 2.75) is 24.8 Å². The Morgan fingerprint density at radius 2 is 0.938 bits per heavy atom. The zero-order chi connectivity index (χ0) is 53.4. The monoisotopic (exact) mass is 1040 g/mol. The van der Waals surface area contributed by atoms with Crippen LogP contribution in [0, 0.1) is 0 Å². The Bertz CT molecular complexity index is 4830. The first-order valence-corrected chi connectivity index (χ1v) is 28.0. The van der Waals surface area contributed by atoms with Gasteiger partial charge in [-0.05, 0) is 111 Å². The van der Waals surface area contributed by atoms with E-state index in [2.05, 4.69) is 270 Å². The van der Waals surface area contributed by atoms with Crippen LogP contribution in [-0.4, -0.2) is 25.6 Å². The molecule has 0 bridgehead atoms. The number of nitrogens with zero attached hydrogens (tertiary/aromatic N) is 5. The number of furan rings is 1. The van der Waals surface area contributed by atoms with Gasteiger partial charge in [0.2, 0.25) is 0 Å². The van der Waals surface area contributed by atoms with Crippen LogP contribution < -0.4 is 15.5 Å². The topological polar surface area (TPSA) is 60.0 Å². The molecule has 2 unspecified atom stereocenters. The van der Waals surface area contributed by atoms with E-state index >= 15 is 0 Å². The summed E-state index contributed by atoms with van der Waals surface area (Å²) >= 11 is 0. The summed E-state index contributed by atoms with van der Waals surface area (Å²) in [6, 6.07) is 84.3. The van der Waals surface area contributed by atoms with Crippen molar-refractivity contribution in [2.24, 2.45) is 0 Å². The normalized spacial score (nSPS) is 15.1. The van der Waals surface area contributed by atoms with Crippen molar-refractivity contribution >= 4 is 56.4 Å². The van der Waals surface area contributed by atoms with Crippen LogP contribution in [0.25, 0.3) is 129 Å². The molecule has 4 heterocycles. The number of fused-ring (bicyclic) bond motifs is 9. The molecule has 81 heavy (non-hydrogen) atoms. The van der Waals surface area contributed by atoms with Crippen LogP contribution in [0.15, 0.2) is 265 Å². The number of allylic oxidation sites excluding steroid dienone is 2. The summed E-state index contributed by atoms with van der Waals surface area (Å²) in [5, 5.41) is 5.63. The lowest BCUT2D eigenvalue weighted by Gasteiger charge is -2.28. The summed E-state index contributed by atoms with van der Waals surface area (Å²) in [6.07, 6.45) is 15.9. The number of hydrogen-bond donors (Lipinski definition) is 0. The lowest BCUT2D eigenvalue weighted by atomic mass is 9.85. The van der Waals surface area contributed by atoms with Crippen LogP contribution in [-0.2, 0) is 0 Å². The zero-order valence-corrected chi connectivity index (χ0v) is 44.2. The summed E-state index contributed by atoms with van der Waals surface area (Å²) in [5.74, 6) is 1.88. The molecule has 1 aliphatic heterocycles. The molecule has 0 saturated carbocycles. The Morgan fingerprint density at radius 1 is 0.383 bits per heavy atom. The number of anilines is 2. The second-order valence-electron chi connectivity index (χ2n) is 21.2. The Morgan fingerprint density at radius 3 is 1.69 bits per heavy atom. The number of rotatable bonds is 9. The summed E-state index contributed by atoms with van der Waals surface area (Å²) < 4.78 is 9.22. The second kappa shape index (κ2) is 19.2. The molecule has 2 atom stereocenters. The molecule has 3 aliphatic rings. The van der Waals surface area contributed by atoms with Crippen molar-refractivity contribution in [3.8, 4) is 84.4 Å². The predicted octanol–water partition coefficient (Wildman–Crippen LogP) is 17.5. The van der Waals surface area contributed by atoms with Gasteiger partial charge < -0.3 is 13.9 Å². The van der Waals surface area contributed by atoms with E-state index in [0.717, 1.165) is 96.1 Å². The molecule has 0 fully saturated rings. The van der Waals surface area contributed by atoms with Crippen LogP contribution in [0.1, 0.15) is 24.3 Å². The fourth-order valence-electron chi connectivity index (χ4n) is 13.2. The fourth-order valence-corrected chi connectivity index (χ4v) is 13.2. The molecule has 6 heteroatoms. The third kappa shape index (κ3) is 7.66. The maximum absolute atomic E-state index is 6.73. The Labute approximate surface area is 468 Å².